The summed E-state index contributed by atoms with van der Waals surface area (Å²) in [6.45, 7) is 0. The van der Waals surface area contributed by atoms with E-state index >= 15 is 0 Å². The molecule has 0 aliphatic heterocycles. The van der Waals surface area contributed by atoms with Gasteiger partial charge in [-0.05, 0) is 72.3 Å². The molecule has 0 unspecified atom stereocenters. The second kappa shape index (κ2) is 9.71. The van der Waals surface area contributed by atoms with Crippen LogP contribution in [0.3, 0.4) is 0 Å². The number of benzene rings is 5. The Labute approximate surface area is 252 Å². The largest absolute Gasteiger partial charge is 0.307 e. The van der Waals surface area contributed by atoms with Crippen molar-refractivity contribution in [1.82, 2.24) is 14.1 Å². The smallest absolute Gasteiger partial charge is 0.138 e. The van der Waals surface area contributed by atoms with Crippen LogP contribution in [0.15, 0.2) is 121 Å². The van der Waals surface area contributed by atoms with Gasteiger partial charge in [-0.15, -0.1) is 0 Å². The molecule has 5 aromatic carbocycles. The molecule has 0 N–H and O–H groups in total. The fourth-order valence-corrected chi connectivity index (χ4v) is 6.28. The molecule has 0 saturated carbocycles. The van der Waals surface area contributed by atoms with Crippen molar-refractivity contribution in [2.24, 2.45) is 0 Å². The Kier molecular flexibility index (Phi) is 5.53. The zero-order chi connectivity index (χ0) is 29.8. The minimum Gasteiger partial charge on any atom is -0.307 e. The molecule has 3 aromatic heterocycles. The first-order valence-electron chi connectivity index (χ1n) is 14.1. The molecule has 0 aliphatic rings. The number of nitriles is 3. The predicted molar refractivity (Wildman–Crippen MR) is 172 cm³/mol. The average molecular weight is 561 g/mol. The minimum atomic E-state index is 0.584. The highest BCUT2D eigenvalue weighted by atomic mass is 15.1. The first kappa shape index (κ1) is 25.1. The molecule has 0 bridgehead atoms. The topological polar surface area (TPSA) is 94.1 Å². The SMILES string of the molecule is N#Cc1ccc(-c2cc(-n3c4ccccc4c4cc(C#N)ccc43)ncc2-n2c3ccccc3c3cc(C#N)ccc32)cc1. The summed E-state index contributed by atoms with van der Waals surface area (Å²) in [4.78, 5) is 5.06. The van der Waals surface area contributed by atoms with Crippen molar-refractivity contribution >= 4 is 43.6 Å². The van der Waals surface area contributed by atoms with E-state index in [0.717, 1.165) is 66.2 Å². The summed E-state index contributed by atoms with van der Waals surface area (Å²) >= 11 is 0. The van der Waals surface area contributed by atoms with Crippen molar-refractivity contribution in [3.8, 4) is 40.8 Å². The molecule has 8 aromatic rings. The minimum absolute atomic E-state index is 0.584. The van der Waals surface area contributed by atoms with Gasteiger partial charge in [0.15, 0.2) is 0 Å². The molecule has 202 valence electrons. The molecular weight excluding hydrogens is 540 g/mol. The van der Waals surface area contributed by atoms with Gasteiger partial charge in [0.25, 0.3) is 0 Å². The number of para-hydroxylation sites is 2. The van der Waals surface area contributed by atoms with Gasteiger partial charge in [-0.25, -0.2) is 4.98 Å². The van der Waals surface area contributed by atoms with E-state index in [0.29, 0.717) is 16.7 Å². The van der Waals surface area contributed by atoms with E-state index in [9.17, 15) is 15.8 Å². The van der Waals surface area contributed by atoms with E-state index in [4.69, 9.17) is 4.98 Å². The lowest BCUT2D eigenvalue weighted by Gasteiger charge is -2.16. The molecule has 8 rings (SSSR count). The zero-order valence-electron chi connectivity index (χ0n) is 23.2. The number of pyridine rings is 1. The highest BCUT2D eigenvalue weighted by Gasteiger charge is 2.20. The third-order valence-corrected chi connectivity index (χ3v) is 8.27. The van der Waals surface area contributed by atoms with Gasteiger partial charge in [-0.1, -0.05) is 48.5 Å². The molecule has 0 saturated heterocycles. The summed E-state index contributed by atoms with van der Waals surface area (Å²) in [7, 11) is 0. The monoisotopic (exact) mass is 560 g/mol. The molecule has 0 amide bonds. The van der Waals surface area contributed by atoms with Gasteiger partial charge >= 0.3 is 0 Å². The summed E-state index contributed by atoms with van der Waals surface area (Å²) in [6.07, 6.45) is 1.90. The fourth-order valence-electron chi connectivity index (χ4n) is 6.28. The van der Waals surface area contributed by atoms with Crippen LogP contribution in [-0.2, 0) is 0 Å². The Bertz CT molecular complexity index is 2580. The van der Waals surface area contributed by atoms with E-state index < -0.39 is 0 Å². The van der Waals surface area contributed by atoms with Crippen LogP contribution in [0.1, 0.15) is 16.7 Å². The first-order chi connectivity index (χ1) is 21.7. The lowest BCUT2D eigenvalue weighted by Crippen LogP contribution is -2.03. The van der Waals surface area contributed by atoms with E-state index in [1.807, 2.05) is 91.1 Å². The molecule has 0 fully saturated rings. The highest BCUT2D eigenvalue weighted by Crippen LogP contribution is 2.38. The number of hydrogen-bond donors (Lipinski definition) is 0. The number of hydrogen-bond acceptors (Lipinski definition) is 4. The van der Waals surface area contributed by atoms with Crippen molar-refractivity contribution in [2.45, 2.75) is 0 Å². The van der Waals surface area contributed by atoms with Gasteiger partial charge in [-0.2, -0.15) is 15.8 Å². The summed E-state index contributed by atoms with van der Waals surface area (Å²) in [5, 5.41) is 32.8. The Morgan fingerprint density at radius 2 is 0.977 bits per heavy atom. The van der Waals surface area contributed by atoms with Gasteiger partial charge < -0.3 is 4.57 Å². The van der Waals surface area contributed by atoms with Crippen LogP contribution in [0, 0.1) is 34.0 Å². The Morgan fingerprint density at radius 1 is 0.477 bits per heavy atom. The fraction of sp³-hybridized carbons (Fsp3) is 0. The maximum absolute atomic E-state index is 9.62. The van der Waals surface area contributed by atoms with E-state index in [1.165, 1.54) is 0 Å². The quantitative estimate of drug-likeness (QED) is 0.216. The number of rotatable bonds is 3. The van der Waals surface area contributed by atoms with Gasteiger partial charge in [0, 0.05) is 27.1 Å². The predicted octanol–water partition coefficient (Wildman–Crippen LogP) is 8.56. The summed E-state index contributed by atoms with van der Waals surface area (Å²) in [6, 6.07) is 44.3. The Hall–Kier alpha value is -6.68. The second-order valence-corrected chi connectivity index (χ2v) is 10.6. The van der Waals surface area contributed by atoms with Crippen LogP contribution < -0.4 is 0 Å². The van der Waals surface area contributed by atoms with Crippen LogP contribution in [0.25, 0.3) is 66.2 Å². The zero-order valence-corrected chi connectivity index (χ0v) is 23.2. The van der Waals surface area contributed by atoms with Gasteiger partial charge in [0.1, 0.15) is 5.82 Å². The molecule has 3 heterocycles. The lowest BCUT2D eigenvalue weighted by atomic mass is 10.0. The molecule has 6 heteroatoms. The van der Waals surface area contributed by atoms with Crippen LogP contribution in [0.5, 0.6) is 0 Å². The summed E-state index contributed by atoms with van der Waals surface area (Å²) in [5.74, 6) is 0.733. The van der Waals surface area contributed by atoms with Crippen molar-refractivity contribution in [2.75, 3.05) is 0 Å². The van der Waals surface area contributed by atoms with E-state index in [1.54, 1.807) is 0 Å². The van der Waals surface area contributed by atoms with Gasteiger partial charge in [-0.3, -0.25) is 4.57 Å². The molecule has 0 aliphatic carbocycles. The van der Waals surface area contributed by atoms with Crippen molar-refractivity contribution < 1.29 is 0 Å². The highest BCUT2D eigenvalue weighted by molar-refractivity contribution is 6.11. The molecular formula is C38H20N6. The number of fused-ring (bicyclic) bond motifs is 6. The lowest BCUT2D eigenvalue weighted by molar-refractivity contribution is 1.06. The summed E-state index contributed by atoms with van der Waals surface area (Å²) in [5.41, 5.74) is 8.46. The Balaban J connectivity index is 1.46. The third kappa shape index (κ3) is 3.68. The van der Waals surface area contributed by atoms with Gasteiger partial charge in [0.05, 0.1) is 68.8 Å². The van der Waals surface area contributed by atoms with E-state index in [2.05, 4.69) is 57.7 Å². The maximum Gasteiger partial charge on any atom is 0.138 e. The number of aromatic nitrogens is 3. The Morgan fingerprint density at radius 3 is 1.57 bits per heavy atom. The van der Waals surface area contributed by atoms with Crippen LogP contribution >= 0.6 is 0 Å². The van der Waals surface area contributed by atoms with Gasteiger partial charge in [0.2, 0.25) is 0 Å². The molecule has 6 nitrogen and oxygen atoms in total. The van der Waals surface area contributed by atoms with Crippen LogP contribution in [-0.4, -0.2) is 14.1 Å². The molecule has 0 atom stereocenters. The van der Waals surface area contributed by atoms with Crippen LogP contribution in [0.2, 0.25) is 0 Å². The van der Waals surface area contributed by atoms with Crippen molar-refractivity contribution in [3.05, 3.63) is 138 Å². The van der Waals surface area contributed by atoms with Crippen molar-refractivity contribution in [3.63, 3.8) is 0 Å². The number of nitrogens with zero attached hydrogens (tertiary/aromatic N) is 6. The standard InChI is InChI=1S/C38H20N6/c39-20-24-9-13-27(14-10-24)30-19-38(44-34-8-4-2-6-29(34)32-18-26(22-41)12-16-36(32)44)42-23-37(30)43-33-7-3-1-5-28(33)31-17-25(21-40)11-15-35(31)43/h1-19,23H. The van der Waals surface area contributed by atoms with E-state index in [-0.39, 0.29) is 0 Å². The molecule has 0 spiro atoms. The summed E-state index contributed by atoms with van der Waals surface area (Å²) < 4.78 is 4.33. The average Bonchev–Trinajstić information content (AvgIpc) is 3.60. The normalized spacial score (nSPS) is 11.1. The first-order valence-corrected chi connectivity index (χ1v) is 14.1. The maximum atomic E-state index is 9.62. The molecule has 44 heavy (non-hydrogen) atoms. The molecule has 0 radical (unpaired) electrons. The van der Waals surface area contributed by atoms with Crippen LogP contribution in [0.4, 0.5) is 0 Å². The third-order valence-electron chi connectivity index (χ3n) is 8.27. The second-order valence-electron chi connectivity index (χ2n) is 10.6. The van der Waals surface area contributed by atoms with Crippen molar-refractivity contribution in [1.29, 1.82) is 15.8 Å².